The van der Waals surface area contributed by atoms with Gasteiger partial charge in [0, 0.05) is 6.54 Å². The molecule has 2 N–H and O–H groups in total. The Morgan fingerprint density at radius 1 is 2.00 bits per heavy atom. The molecule has 0 spiro atoms. The maximum atomic E-state index is 11.4. The van der Waals surface area contributed by atoms with Gasteiger partial charge in [0.25, 0.3) is 8.25 Å². The molecule has 0 aliphatic heterocycles. The molecule has 0 bridgehead atoms. The molecule has 0 saturated carbocycles. The van der Waals surface area contributed by atoms with Crippen LogP contribution in [0, 0.1) is 5.16 Å². The van der Waals surface area contributed by atoms with Gasteiger partial charge in [-0.05, 0) is 0 Å². The molecule has 0 aromatic heterocycles. The van der Waals surface area contributed by atoms with Crippen molar-refractivity contribution < 1.29 is 8.82 Å². The lowest BCUT2D eigenvalue weighted by Gasteiger charge is -1.94. The summed E-state index contributed by atoms with van der Waals surface area (Å²) in [5, 5.41) is 6.23. The third kappa shape index (κ3) is 6.08. The van der Waals surface area contributed by atoms with Crippen molar-refractivity contribution in [3.8, 4) is 0 Å². The Balaban J connectivity index is 2.82. The van der Waals surface area contributed by atoms with Crippen LogP contribution in [0.4, 0.5) is 4.20 Å². The summed E-state index contributed by atoms with van der Waals surface area (Å²) in [7, 11) is -2.76. The van der Waals surface area contributed by atoms with E-state index in [4.69, 9.17) is 5.16 Å². The van der Waals surface area contributed by atoms with E-state index in [0.717, 1.165) is 0 Å². The summed E-state index contributed by atoms with van der Waals surface area (Å²) in [5.74, 6) is 0. The predicted octanol–water partition coefficient (Wildman–Crippen LogP) is 1.30. The zero-order chi connectivity index (χ0) is 5.70. The standard InChI is InChI=1S/C2H8FN2OP/c1-2-5-6-7(3)4/h4-5,7H,2H2,1H3. The average Bonchev–Trinajstić information content (AvgIpc) is 1.61. The Hall–Kier alpha value is 0.0800. The fourth-order valence-electron chi connectivity index (χ4n) is 0.136. The van der Waals surface area contributed by atoms with Gasteiger partial charge in [0.05, 0.1) is 0 Å². The molecule has 0 aliphatic rings. The van der Waals surface area contributed by atoms with Gasteiger partial charge in [0.2, 0.25) is 0 Å². The third-order valence-electron chi connectivity index (χ3n) is 0.306. The molecule has 0 aliphatic carbocycles. The van der Waals surface area contributed by atoms with E-state index in [1.165, 1.54) is 0 Å². The fourth-order valence-corrected chi connectivity index (χ4v) is 0.407. The van der Waals surface area contributed by atoms with E-state index in [9.17, 15) is 4.20 Å². The molecule has 0 aromatic rings. The molecule has 0 amide bonds. The summed E-state index contributed by atoms with van der Waals surface area (Å²) >= 11 is 0. The van der Waals surface area contributed by atoms with E-state index >= 15 is 0 Å². The maximum absolute atomic E-state index is 11.4. The van der Waals surface area contributed by atoms with Gasteiger partial charge < -0.3 is 0 Å². The highest BCUT2D eigenvalue weighted by Gasteiger charge is 1.82. The second-order valence-corrected chi connectivity index (χ2v) is 1.63. The van der Waals surface area contributed by atoms with Crippen LogP contribution in [0.1, 0.15) is 6.92 Å². The second-order valence-electron chi connectivity index (χ2n) is 0.874. The van der Waals surface area contributed by atoms with E-state index in [1.807, 2.05) is 0 Å². The van der Waals surface area contributed by atoms with Crippen LogP contribution in [-0.2, 0) is 4.62 Å². The zero-order valence-corrected chi connectivity index (χ0v) is 4.99. The van der Waals surface area contributed by atoms with Crippen LogP contribution in [0.5, 0.6) is 0 Å². The van der Waals surface area contributed by atoms with E-state index in [0.29, 0.717) is 6.54 Å². The lowest BCUT2D eigenvalue weighted by molar-refractivity contribution is 0.219. The normalized spacial score (nSPS) is 14.0. The van der Waals surface area contributed by atoms with Crippen LogP contribution >= 0.6 is 8.25 Å². The summed E-state index contributed by atoms with van der Waals surface area (Å²) in [4.78, 5) is 0. The molecule has 0 heterocycles. The van der Waals surface area contributed by atoms with Gasteiger partial charge in [-0.15, -0.1) is 0 Å². The van der Waals surface area contributed by atoms with Crippen molar-refractivity contribution in [2.45, 2.75) is 6.92 Å². The minimum absolute atomic E-state index is 0.539. The molecule has 44 valence electrons. The highest BCUT2D eigenvalue weighted by atomic mass is 31.2. The quantitative estimate of drug-likeness (QED) is 0.442. The summed E-state index contributed by atoms with van der Waals surface area (Å²) < 4.78 is 15.4. The summed E-state index contributed by atoms with van der Waals surface area (Å²) in [6.07, 6.45) is 0. The van der Waals surface area contributed by atoms with Crippen LogP contribution in [-0.4, -0.2) is 6.54 Å². The number of rotatable bonds is 3. The van der Waals surface area contributed by atoms with Gasteiger partial charge in [0.15, 0.2) is 0 Å². The van der Waals surface area contributed by atoms with E-state index in [2.05, 4.69) is 10.1 Å². The first-order chi connectivity index (χ1) is 3.27. The van der Waals surface area contributed by atoms with E-state index < -0.39 is 8.25 Å². The van der Waals surface area contributed by atoms with Crippen molar-refractivity contribution in [3.63, 3.8) is 0 Å². The van der Waals surface area contributed by atoms with Gasteiger partial charge >= 0.3 is 0 Å². The first kappa shape index (κ1) is 7.08. The molecule has 0 aromatic carbocycles. The molecular formula is C2H8FN2OP. The SMILES string of the molecule is CCNO[PH](=N)F. The lowest BCUT2D eigenvalue weighted by atomic mass is 10.8. The summed E-state index contributed by atoms with van der Waals surface area (Å²) in [6.45, 7) is 2.31. The molecule has 0 saturated heterocycles. The topological polar surface area (TPSA) is 45.1 Å². The number of hydrogen-bond acceptors (Lipinski definition) is 3. The smallest absolute Gasteiger partial charge is 0.256 e. The first-order valence-electron chi connectivity index (χ1n) is 1.91. The minimum atomic E-state index is -2.76. The van der Waals surface area contributed by atoms with Crippen LogP contribution < -0.4 is 5.48 Å². The van der Waals surface area contributed by atoms with Crippen LogP contribution in [0.25, 0.3) is 0 Å². The van der Waals surface area contributed by atoms with Crippen molar-refractivity contribution in [2.24, 2.45) is 0 Å². The van der Waals surface area contributed by atoms with Crippen molar-refractivity contribution in [3.05, 3.63) is 0 Å². The Bertz CT molecular complexity index is 68.7. The van der Waals surface area contributed by atoms with Gasteiger partial charge in [-0.3, -0.25) is 5.16 Å². The predicted molar refractivity (Wildman–Crippen MR) is 26.9 cm³/mol. The first-order valence-corrected chi connectivity index (χ1v) is 3.19. The molecule has 3 nitrogen and oxygen atoms in total. The third-order valence-corrected chi connectivity index (χ3v) is 0.630. The Labute approximate surface area is 42.3 Å². The minimum Gasteiger partial charge on any atom is -0.267 e. The number of hydroxylamine groups is 1. The molecular weight excluding hydrogens is 118 g/mol. The van der Waals surface area contributed by atoms with Gasteiger partial charge in [-0.2, -0.15) is 9.68 Å². The Morgan fingerprint density at radius 2 is 2.57 bits per heavy atom. The molecule has 0 radical (unpaired) electrons. The van der Waals surface area contributed by atoms with Crippen molar-refractivity contribution >= 4 is 8.25 Å². The lowest BCUT2D eigenvalue weighted by Crippen LogP contribution is -2.06. The maximum Gasteiger partial charge on any atom is 0.256 e. The van der Waals surface area contributed by atoms with Gasteiger partial charge in [-0.25, -0.2) is 4.62 Å². The van der Waals surface area contributed by atoms with E-state index in [1.54, 1.807) is 6.92 Å². The van der Waals surface area contributed by atoms with Gasteiger partial charge in [0.1, 0.15) is 0 Å². The number of hydrogen-bond donors (Lipinski definition) is 2. The van der Waals surface area contributed by atoms with Crippen molar-refractivity contribution in [1.29, 1.82) is 5.16 Å². The molecule has 1 atom stereocenters. The average molecular weight is 126 g/mol. The van der Waals surface area contributed by atoms with Crippen LogP contribution in [0.3, 0.4) is 0 Å². The van der Waals surface area contributed by atoms with Crippen molar-refractivity contribution in [2.75, 3.05) is 6.54 Å². The summed E-state index contributed by atoms with van der Waals surface area (Å²) in [5.41, 5.74) is 2.23. The van der Waals surface area contributed by atoms with Crippen molar-refractivity contribution in [1.82, 2.24) is 5.48 Å². The monoisotopic (exact) mass is 126 g/mol. The molecule has 0 fully saturated rings. The summed E-state index contributed by atoms with van der Waals surface area (Å²) in [6, 6.07) is 0. The fraction of sp³-hybridized carbons (Fsp3) is 1.00. The second kappa shape index (κ2) is 4.24. The van der Waals surface area contributed by atoms with E-state index in [-0.39, 0.29) is 0 Å². The number of halogens is 1. The zero-order valence-electron chi connectivity index (χ0n) is 3.99. The molecule has 1 unspecified atom stereocenters. The largest absolute Gasteiger partial charge is 0.267 e. The molecule has 7 heavy (non-hydrogen) atoms. The highest BCUT2D eigenvalue weighted by Crippen LogP contribution is 2.20. The molecule has 5 heteroatoms. The highest BCUT2D eigenvalue weighted by molar-refractivity contribution is 7.34. The Morgan fingerprint density at radius 3 is 2.71 bits per heavy atom. The van der Waals surface area contributed by atoms with Crippen LogP contribution in [0.15, 0.2) is 0 Å². The van der Waals surface area contributed by atoms with Gasteiger partial charge in [-0.1, -0.05) is 6.92 Å². The molecule has 0 rings (SSSR count). The Kier molecular flexibility index (Phi) is 4.29. The number of nitrogens with one attached hydrogen (secondary N) is 2. The van der Waals surface area contributed by atoms with Crippen LogP contribution in [0.2, 0.25) is 0 Å².